The maximum Gasteiger partial charge on any atom is 0.103 e. The van der Waals surface area contributed by atoms with Gasteiger partial charge in [-0.1, -0.05) is 11.6 Å². The number of aliphatic hydroxyl groups excluding tert-OH is 1. The van der Waals surface area contributed by atoms with Gasteiger partial charge in [-0.2, -0.15) is 5.10 Å². The Morgan fingerprint density at radius 3 is 2.87 bits per heavy atom. The number of aliphatic hydroxyl groups is 1. The van der Waals surface area contributed by atoms with Gasteiger partial charge >= 0.3 is 0 Å². The molecule has 5 heteroatoms. The highest BCUT2D eigenvalue weighted by Crippen LogP contribution is 2.25. The minimum absolute atomic E-state index is 0.555. The molecule has 0 amide bonds. The smallest absolute Gasteiger partial charge is 0.103 e. The molecule has 15 heavy (non-hydrogen) atoms. The van der Waals surface area contributed by atoms with Crippen molar-refractivity contribution in [2.75, 3.05) is 0 Å². The van der Waals surface area contributed by atoms with Crippen molar-refractivity contribution < 1.29 is 5.11 Å². The van der Waals surface area contributed by atoms with Gasteiger partial charge in [0.2, 0.25) is 0 Å². The molecule has 0 saturated heterocycles. The van der Waals surface area contributed by atoms with Crippen molar-refractivity contribution in [1.82, 2.24) is 9.78 Å². The monoisotopic (exact) mass is 242 g/mol. The first kappa shape index (κ1) is 10.7. The van der Waals surface area contributed by atoms with E-state index in [1.807, 2.05) is 31.4 Å². The summed E-state index contributed by atoms with van der Waals surface area (Å²) in [4.78, 5) is 1.07. The lowest BCUT2D eigenvalue weighted by molar-refractivity contribution is 0.173. The molecular weight excluding hydrogens is 232 g/mol. The Bertz CT molecular complexity index is 452. The van der Waals surface area contributed by atoms with Crippen LogP contribution in [0.3, 0.4) is 0 Å². The predicted octanol–water partition coefficient (Wildman–Crippen LogP) is 2.41. The van der Waals surface area contributed by atoms with Crippen LogP contribution in [0.15, 0.2) is 24.4 Å². The standard InChI is InChI=1S/C10H11ClN2OS/c1-13-5-4-8(12-13)9(14)6-7-2-3-10(11)15-7/h2-5,9,14H,6H2,1H3. The summed E-state index contributed by atoms with van der Waals surface area (Å²) in [6.45, 7) is 0. The number of hydrogen-bond acceptors (Lipinski definition) is 3. The van der Waals surface area contributed by atoms with Crippen LogP contribution in [0.1, 0.15) is 16.7 Å². The van der Waals surface area contributed by atoms with Gasteiger partial charge in [-0.25, -0.2) is 0 Å². The fourth-order valence-corrected chi connectivity index (χ4v) is 2.49. The second kappa shape index (κ2) is 4.35. The van der Waals surface area contributed by atoms with Gasteiger partial charge in [0, 0.05) is 24.5 Å². The van der Waals surface area contributed by atoms with Crippen molar-refractivity contribution >= 4 is 22.9 Å². The van der Waals surface area contributed by atoms with E-state index in [1.54, 1.807) is 4.68 Å². The van der Waals surface area contributed by atoms with E-state index in [-0.39, 0.29) is 0 Å². The number of hydrogen-bond donors (Lipinski definition) is 1. The van der Waals surface area contributed by atoms with Crippen molar-refractivity contribution in [2.45, 2.75) is 12.5 Å². The lowest BCUT2D eigenvalue weighted by Crippen LogP contribution is -2.02. The fraction of sp³-hybridized carbons (Fsp3) is 0.300. The van der Waals surface area contributed by atoms with Gasteiger partial charge in [0.05, 0.1) is 10.0 Å². The molecule has 80 valence electrons. The highest BCUT2D eigenvalue weighted by atomic mass is 35.5. The van der Waals surface area contributed by atoms with Crippen LogP contribution in [0, 0.1) is 0 Å². The minimum Gasteiger partial charge on any atom is -0.386 e. The van der Waals surface area contributed by atoms with Crippen LogP contribution >= 0.6 is 22.9 Å². The molecule has 2 aromatic heterocycles. The van der Waals surface area contributed by atoms with Gasteiger partial charge in [0.15, 0.2) is 0 Å². The van der Waals surface area contributed by atoms with Crippen LogP contribution in [-0.2, 0) is 13.5 Å². The van der Waals surface area contributed by atoms with Gasteiger partial charge in [0.25, 0.3) is 0 Å². The number of thiophene rings is 1. The maximum atomic E-state index is 9.88. The molecule has 0 bridgehead atoms. The Kier molecular flexibility index (Phi) is 3.09. The summed E-state index contributed by atoms with van der Waals surface area (Å²) in [6.07, 6.45) is 1.83. The van der Waals surface area contributed by atoms with Crippen LogP contribution in [0.4, 0.5) is 0 Å². The molecule has 0 aliphatic carbocycles. The summed E-state index contributed by atoms with van der Waals surface area (Å²) in [7, 11) is 1.83. The summed E-state index contributed by atoms with van der Waals surface area (Å²) in [6, 6.07) is 5.59. The first-order valence-electron chi connectivity index (χ1n) is 4.57. The van der Waals surface area contributed by atoms with Crippen molar-refractivity contribution in [1.29, 1.82) is 0 Å². The van der Waals surface area contributed by atoms with E-state index < -0.39 is 6.10 Å². The zero-order valence-corrected chi connectivity index (χ0v) is 9.79. The van der Waals surface area contributed by atoms with E-state index in [0.717, 1.165) is 9.21 Å². The Morgan fingerprint density at radius 2 is 2.33 bits per heavy atom. The third-order valence-corrected chi connectivity index (χ3v) is 3.35. The first-order chi connectivity index (χ1) is 7.15. The molecule has 2 rings (SSSR count). The number of halogens is 1. The van der Waals surface area contributed by atoms with Crippen LogP contribution in [0.2, 0.25) is 4.34 Å². The Balaban J connectivity index is 2.06. The molecule has 0 aliphatic heterocycles. The van der Waals surface area contributed by atoms with Crippen molar-refractivity contribution in [3.05, 3.63) is 39.3 Å². The Labute approximate surface area is 96.9 Å². The van der Waals surface area contributed by atoms with Crippen molar-refractivity contribution in [2.24, 2.45) is 7.05 Å². The number of nitrogens with zero attached hydrogens (tertiary/aromatic N) is 2. The molecule has 1 atom stereocenters. The normalized spacial score (nSPS) is 13.0. The van der Waals surface area contributed by atoms with Crippen LogP contribution in [0.25, 0.3) is 0 Å². The SMILES string of the molecule is Cn1ccc(C(O)Cc2ccc(Cl)s2)n1. The molecule has 0 saturated carbocycles. The van der Waals surface area contributed by atoms with E-state index in [2.05, 4.69) is 5.10 Å². The molecule has 0 radical (unpaired) electrons. The van der Waals surface area contributed by atoms with Gasteiger partial charge in [0.1, 0.15) is 6.10 Å². The molecule has 0 aliphatic rings. The van der Waals surface area contributed by atoms with Crippen LogP contribution < -0.4 is 0 Å². The molecule has 3 nitrogen and oxygen atoms in total. The third kappa shape index (κ3) is 2.59. The topological polar surface area (TPSA) is 38.0 Å². The lowest BCUT2D eigenvalue weighted by atomic mass is 10.2. The zero-order chi connectivity index (χ0) is 10.8. The Morgan fingerprint density at radius 1 is 1.53 bits per heavy atom. The second-order valence-corrected chi connectivity index (χ2v) is 5.14. The largest absolute Gasteiger partial charge is 0.386 e. The number of rotatable bonds is 3. The quantitative estimate of drug-likeness (QED) is 0.898. The van der Waals surface area contributed by atoms with Gasteiger partial charge in [-0.15, -0.1) is 11.3 Å². The summed E-state index contributed by atoms with van der Waals surface area (Å²) in [5.41, 5.74) is 0.696. The van der Waals surface area contributed by atoms with Crippen molar-refractivity contribution in [3.63, 3.8) is 0 Å². The molecule has 1 unspecified atom stereocenters. The average molecular weight is 243 g/mol. The predicted molar refractivity (Wildman–Crippen MR) is 61.2 cm³/mol. The minimum atomic E-state index is -0.555. The molecule has 0 fully saturated rings. The van der Waals surface area contributed by atoms with Crippen LogP contribution in [-0.4, -0.2) is 14.9 Å². The second-order valence-electron chi connectivity index (χ2n) is 3.34. The molecular formula is C10H11ClN2OS. The van der Waals surface area contributed by atoms with Crippen LogP contribution in [0.5, 0.6) is 0 Å². The first-order valence-corrected chi connectivity index (χ1v) is 5.76. The van der Waals surface area contributed by atoms with E-state index in [0.29, 0.717) is 12.1 Å². The molecule has 2 aromatic rings. The average Bonchev–Trinajstić information content (AvgIpc) is 2.75. The lowest BCUT2D eigenvalue weighted by Gasteiger charge is -2.04. The van der Waals surface area contributed by atoms with E-state index in [4.69, 9.17) is 11.6 Å². The number of aromatic nitrogens is 2. The number of aryl methyl sites for hydroxylation is 1. The third-order valence-electron chi connectivity index (χ3n) is 2.10. The van der Waals surface area contributed by atoms with Gasteiger partial charge in [-0.05, 0) is 18.2 Å². The molecule has 0 aromatic carbocycles. The molecule has 2 heterocycles. The van der Waals surface area contributed by atoms with E-state index in [1.165, 1.54) is 11.3 Å². The molecule has 0 spiro atoms. The highest BCUT2D eigenvalue weighted by Gasteiger charge is 2.12. The van der Waals surface area contributed by atoms with Crippen molar-refractivity contribution in [3.8, 4) is 0 Å². The van der Waals surface area contributed by atoms with Gasteiger partial charge < -0.3 is 5.11 Å². The summed E-state index contributed by atoms with van der Waals surface area (Å²) in [5, 5.41) is 14.0. The Hall–Kier alpha value is -0.840. The summed E-state index contributed by atoms with van der Waals surface area (Å²) < 4.78 is 2.43. The van der Waals surface area contributed by atoms with E-state index in [9.17, 15) is 5.11 Å². The fourth-order valence-electron chi connectivity index (χ4n) is 1.37. The summed E-state index contributed by atoms with van der Waals surface area (Å²) in [5.74, 6) is 0. The highest BCUT2D eigenvalue weighted by molar-refractivity contribution is 7.16. The van der Waals surface area contributed by atoms with Gasteiger partial charge in [-0.3, -0.25) is 4.68 Å². The zero-order valence-electron chi connectivity index (χ0n) is 8.22. The maximum absolute atomic E-state index is 9.88. The molecule has 1 N–H and O–H groups in total. The van der Waals surface area contributed by atoms with E-state index >= 15 is 0 Å². The summed E-state index contributed by atoms with van der Waals surface area (Å²) >= 11 is 7.30.